The minimum atomic E-state index is -1.51. The van der Waals surface area contributed by atoms with Gasteiger partial charge in [0, 0.05) is 24.8 Å². The Morgan fingerprint density at radius 3 is 2.29 bits per heavy atom. The number of hydrogen-bond acceptors (Lipinski definition) is 9. The lowest BCUT2D eigenvalue weighted by atomic mass is 9.89. The first-order valence-corrected chi connectivity index (χ1v) is 13.2. The predicted octanol–water partition coefficient (Wildman–Crippen LogP) is 3.70. The Morgan fingerprint density at radius 2 is 1.79 bits per heavy atom. The van der Waals surface area contributed by atoms with Gasteiger partial charge in [-0.1, -0.05) is 37.0 Å². The van der Waals surface area contributed by atoms with Crippen molar-refractivity contribution in [3.05, 3.63) is 57.3 Å². The number of methoxy groups -OCH3 is 1. The molecule has 15 heteroatoms. The van der Waals surface area contributed by atoms with Crippen molar-refractivity contribution < 1.29 is 39.2 Å². The minimum absolute atomic E-state index is 0.0124. The Labute approximate surface area is 250 Å². The zero-order valence-electron chi connectivity index (χ0n) is 23.3. The Bertz CT molecular complexity index is 1510. The summed E-state index contributed by atoms with van der Waals surface area (Å²) in [6, 6.07) is 5.95. The summed E-state index contributed by atoms with van der Waals surface area (Å²) in [5.74, 6) is -3.66. The zero-order chi connectivity index (χ0) is 31.6. The van der Waals surface area contributed by atoms with E-state index < -0.39 is 29.0 Å². The number of aliphatic imine (C=N–C) groups is 1. The average molecular weight is 622 g/mol. The quantitative estimate of drug-likeness (QED) is 0.338. The zero-order valence-corrected chi connectivity index (χ0v) is 24.8. The number of nitrogens with one attached hydrogen (secondary N) is 1. The molecule has 2 aliphatic rings. The molecular weight excluding hydrogens is 593 g/mol. The van der Waals surface area contributed by atoms with Crippen molar-refractivity contribution in [2.75, 3.05) is 12.1 Å². The van der Waals surface area contributed by atoms with Gasteiger partial charge in [0.15, 0.2) is 11.4 Å². The van der Waals surface area contributed by atoms with Gasteiger partial charge in [0.05, 0.1) is 22.9 Å². The highest BCUT2D eigenvalue weighted by atomic mass is 35.5. The molecule has 1 aromatic heterocycles. The third-order valence-electron chi connectivity index (χ3n) is 6.92. The molecule has 0 saturated heterocycles. The number of amides is 1. The second kappa shape index (κ2) is 12.4. The molecule has 3 heterocycles. The van der Waals surface area contributed by atoms with Gasteiger partial charge in [-0.2, -0.15) is 5.10 Å². The summed E-state index contributed by atoms with van der Waals surface area (Å²) < 4.78 is 4.98. The molecule has 0 spiro atoms. The van der Waals surface area contributed by atoms with Crippen LogP contribution in [0.2, 0.25) is 10.0 Å². The smallest absolute Gasteiger partial charge is 0.352 e. The lowest BCUT2D eigenvalue weighted by molar-refractivity contribution is -0.142. The van der Waals surface area contributed by atoms with Crippen molar-refractivity contribution in [2.24, 2.45) is 16.0 Å². The molecule has 224 valence electrons. The largest absolute Gasteiger partial charge is 0.479 e. The summed E-state index contributed by atoms with van der Waals surface area (Å²) in [5.41, 5.74) is -1.59. The molecule has 1 aromatic carbocycles. The number of aromatic carboxylic acids is 1. The van der Waals surface area contributed by atoms with Gasteiger partial charge in [-0.15, -0.1) is 0 Å². The summed E-state index contributed by atoms with van der Waals surface area (Å²) in [6.45, 7) is 7.15. The predicted molar refractivity (Wildman–Crippen MR) is 155 cm³/mol. The van der Waals surface area contributed by atoms with Crippen LogP contribution in [0.1, 0.15) is 55.7 Å². The molecule has 2 aromatic rings. The van der Waals surface area contributed by atoms with Crippen molar-refractivity contribution >= 4 is 64.3 Å². The first-order valence-electron chi connectivity index (χ1n) is 12.5. The Balaban J connectivity index is 0.000000231. The molecule has 2 unspecified atom stereocenters. The lowest BCUT2D eigenvalue weighted by Gasteiger charge is -2.30. The van der Waals surface area contributed by atoms with Crippen LogP contribution in [-0.2, 0) is 25.7 Å². The van der Waals surface area contributed by atoms with Crippen LogP contribution in [-0.4, -0.2) is 73.9 Å². The van der Waals surface area contributed by atoms with E-state index in [1.54, 1.807) is 6.92 Å². The molecule has 0 saturated carbocycles. The molecule has 4 rings (SSSR count). The van der Waals surface area contributed by atoms with Crippen LogP contribution in [0.4, 0.5) is 5.69 Å². The standard InChI is InChI=1S/C15H19N3O4.C12H10Cl2N2O4/c1-8(2)15(3)14(21)17-12(18-15)11-10(13(19)20)5-9(6-16-11)7-22-4;1-12(11(19)20)5-8(10(17)18)15-16(12)9-3-2-6(13)4-7(9)14/h5-6,8H,7H2,1-4H3,(H,19,20)(H,17,18,21);2-4H,5H2,1H3,(H,17,18)(H,19,20). The highest BCUT2D eigenvalue weighted by Crippen LogP contribution is 2.38. The van der Waals surface area contributed by atoms with E-state index in [0.717, 1.165) is 5.01 Å². The summed E-state index contributed by atoms with van der Waals surface area (Å²) >= 11 is 11.8. The number of hydrogen-bond donors (Lipinski definition) is 4. The SMILES string of the molecule is CC1(C(=O)O)CC(C(=O)O)=NN1c1ccc(Cl)cc1Cl.COCc1cnc(C2=NC(C)(C(C)C)C(=O)N2)c(C(=O)O)c1. The van der Waals surface area contributed by atoms with Crippen LogP contribution in [0.25, 0.3) is 0 Å². The average Bonchev–Trinajstić information content (AvgIpc) is 3.43. The van der Waals surface area contributed by atoms with E-state index >= 15 is 0 Å². The second-order valence-corrected chi connectivity index (χ2v) is 11.1. The number of carbonyl (C=O) groups is 4. The van der Waals surface area contributed by atoms with Gasteiger partial charge in [0.25, 0.3) is 5.91 Å². The molecule has 2 atom stereocenters. The molecule has 0 aliphatic carbocycles. The molecule has 0 fully saturated rings. The summed E-state index contributed by atoms with van der Waals surface area (Å²) in [6.07, 6.45) is 1.29. The van der Waals surface area contributed by atoms with Gasteiger partial charge >= 0.3 is 17.9 Å². The molecule has 42 heavy (non-hydrogen) atoms. The number of carboxylic acids is 3. The number of carbonyl (C=O) groups excluding carboxylic acids is 1. The third kappa shape index (κ3) is 6.37. The van der Waals surface area contributed by atoms with Crippen LogP contribution in [0.15, 0.2) is 40.6 Å². The van der Waals surface area contributed by atoms with Crippen molar-refractivity contribution in [2.45, 2.75) is 51.8 Å². The number of pyridine rings is 1. The van der Waals surface area contributed by atoms with Gasteiger partial charge in [-0.05, 0) is 49.6 Å². The number of rotatable bonds is 8. The number of hydrazone groups is 1. The monoisotopic (exact) mass is 621 g/mol. The van der Waals surface area contributed by atoms with E-state index in [9.17, 15) is 29.4 Å². The van der Waals surface area contributed by atoms with Gasteiger partial charge in [-0.25, -0.2) is 24.4 Å². The van der Waals surface area contributed by atoms with E-state index in [4.69, 9.17) is 33.0 Å². The fourth-order valence-corrected chi connectivity index (χ4v) is 4.57. The minimum Gasteiger partial charge on any atom is -0.479 e. The van der Waals surface area contributed by atoms with Crippen molar-refractivity contribution in [1.82, 2.24) is 10.3 Å². The maximum atomic E-state index is 12.2. The van der Waals surface area contributed by atoms with Crippen LogP contribution < -0.4 is 10.3 Å². The topological polar surface area (TPSA) is 191 Å². The van der Waals surface area contributed by atoms with E-state index in [1.807, 2.05) is 13.8 Å². The van der Waals surface area contributed by atoms with E-state index in [1.165, 1.54) is 44.5 Å². The third-order valence-corrected chi connectivity index (χ3v) is 7.45. The number of anilines is 1. The van der Waals surface area contributed by atoms with Gasteiger partial charge in [0.2, 0.25) is 0 Å². The summed E-state index contributed by atoms with van der Waals surface area (Å²) in [4.78, 5) is 54.7. The number of amidine groups is 1. The lowest BCUT2D eigenvalue weighted by Crippen LogP contribution is -2.47. The number of aliphatic carboxylic acids is 2. The molecule has 0 radical (unpaired) electrons. The summed E-state index contributed by atoms with van der Waals surface area (Å²) in [7, 11) is 1.52. The van der Waals surface area contributed by atoms with Crippen molar-refractivity contribution in [3.63, 3.8) is 0 Å². The number of carboxylic acid groups (broad SMARTS) is 3. The fourth-order valence-electron chi connectivity index (χ4n) is 4.08. The van der Waals surface area contributed by atoms with E-state index in [0.29, 0.717) is 10.6 Å². The molecule has 0 bridgehead atoms. The number of nitrogens with zero attached hydrogens (tertiary/aromatic N) is 4. The molecule has 4 N–H and O–H groups in total. The van der Waals surface area contributed by atoms with E-state index in [-0.39, 0.29) is 58.4 Å². The number of halogens is 2. The Hall–Kier alpha value is -4.07. The van der Waals surface area contributed by atoms with Crippen LogP contribution in [0, 0.1) is 5.92 Å². The Morgan fingerprint density at radius 1 is 1.12 bits per heavy atom. The van der Waals surface area contributed by atoms with Crippen molar-refractivity contribution in [3.8, 4) is 0 Å². The first-order chi connectivity index (χ1) is 19.5. The van der Waals surface area contributed by atoms with Crippen LogP contribution in [0.5, 0.6) is 0 Å². The molecule has 13 nitrogen and oxygen atoms in total. The maximum absolute atomic E-state index is 12.2. The van der Waals surface area contributed by atoms with Gasteiger partial charge in [-0.3, -0.25) is 9.78 Å². The number of ether oxygens (including phenoxy) is 1. The molecular formula is C27H29Cl2N5O8. The molecule has 2 aliphatic heterocycles. The summed E-state index contributed by atoms with van der Waals surface area (Å²) in [5, 5.41) is 35.9. The van der Waals surface area contributed by atoms with E-state index in [2.05, 4.69) is 20.4 Å². The molecule has 1 amide bonds. The van der Waals surface area contributed by atoms with Crippen molar-refractivity contribution in [1.29, 1.82) is 0 Å². The highest BCUT2D eigenvalue weighted by molar-refractivity contribution is 6.38. The first kappa shape index (κ1) is 32.4. The Kier molecular flexibility index (Phi) is 9.60. The normalized spacial score (nSPS) is 21.3. The second-order valence-electron chi connectivity index (χ2n) is 10.2. The van der Waals surface area contributed by atoms with Gasteiger partial charge < -0.3 is 25.4 Å². The van der Waals surface area contributed by atoms with Crippen LogP contribution >= 0.6 is 23.2 Å². The fraction of sp³-hybridized carbons (Fsp3) is 0.370. The number of benzene rings is 1. The maximum Gasteiger partial charge on any atom is 0.352 e. The van der Waals surface area contributed by atoms with Gasteiger partial charge in [0.1, 0.15) is 16.9 Å². The number of aromatic nitrogens is 1. The highest BCUT2D eigenvalue weighted by Gasteiger charge is 2.48. The van der Waals surface area contributed by atoms with Crippen LogP contribution in [0.3, 0.4) is 0 Å².